The van der Waals surface area contributed by atoms with Crippen LogP contribution < -0.4 is 5.32 Å². The van der Waals surface area contributed by atoms with Crippen molar-refractivity contribution >= 4 is 43.5 Å². The van der Waals surface area contributed by atoms with Crippen molar-refractivity contribution in [3.63, 3.8) is 0 Å². The number of piperidine rings is 1. The molecule has 130 valence electrons. The Morgan fingerprint density at radius 2 is 2.26 bits per heavy atom. The molecule has 1 saturated heterocycles. The van der Waals surface area contributed by atoms with Crippen LogP contribution in [0.1, 0.15) is 26.7 Å². The summed E-state index contributed by atoms with van der Waals surface area (Å²) in [6, 6.07) is 0.0617. The number of halogens is 1. The van der Waals surface area contributed by atoms with Crippen molar-refractivity contribution < 1.29 is 8.42 Å². The van der Waals surface area contributed by atoms with Crippen LogP contribution in [0.4, 0.5) is 5.82 Å². The highest BCUT2D eigenvalue weighted by molar-refractivity contribution is 9.10. The van der Waals surface area contributed by atoms with E-state index in [0.717, 1.165) is 23.1 Å². The predicted molar refractivity (Wildman–Crippen MR) is 98.4 cm³/mol. The van der Waals surface area contributed by atoms with E-state index in [1.165, 1.54) is 11.8 Å². The molecule has 1 N–H and O–H groups in total. The van der Waals surface area contributed by atoms with E-state index in [9.17, 15) is 8.42 Å². The molecule has 0 aliphatic carbocycles. The van der Waals surface area contributed by atoms with E-state index in [4.69, 9.17) is 0 Å². The first kappa shape index (κ1) is 19.0. The summed E-state index contributed by atoms with van der Waals surface area (Å²) in [4.78, 5) is 8.64. The van der Waals surface area contributed by atoms with E-state index in [1.807, 2.05) is 20.1 Å². The molecule has 1 aliphatic heterocycles. The number of sulfonamides is 1. The summed E-state index contributed by atoms with van der Waals surface area (Å²) in [5.74, 6) is 1.05. The van der Waals surface area contributed by atoms with Gasteiger partial charge < -0.3 is 5.32 Å². The molecule has 0 spiro atoms. The molecule has 23 heavy (non-hydrogen) atoms. The molecule has 1 atom stereocenters. The molecule has 1 aliphatic rings. The highest BCUT2D eigenvalue weighted by Crippen LogP contribution is 2.25. The van der Waals surface area contributed by atoms with Crippen LogP contribution in [-0.2, 0) is 10.0 Å². The first-order valence-electron chi connectivity index (χ1n) is 7.62. The lowest BCUT2D eigenvalue weighted by molar-refractivity contribution is 0.325. The normalized spacial score (nSPS) is 20.0. The monoisotopic (exact) mass is 422 g/mol. The van der Waals surface area contributed by atoms with Crippen molar-refractivity contribution in [3.05, 3.63) is 10.7 Å². The molecule has 0 amide bonds. The van der Waals surface area contributed by atoms with Gasteiger partial charge in [-0.1, -0.05) is 25.6 Å². The minimum atomic E-state index is -3.19. The average molecular weight is 423 g/mol. The maximum Gasteiger partial charge on any atom is 0.214 e. The average Bonchev–Trinajstić information content (AvgIpc) is 2.48. The van der Waals surface area contributed by atoms with Gasteiger partial charge in [0.15, 0.2) is 5.16 Å². The Morgan fingerprint density at radius 3 is 2.91 bits per heavy atom. The number of hydrogen-bond acceptors (Lipinski definition) is 6. The lowest BCUT2D eigenvalue weighted by Crippen LogP contribution is -2.46. The molecule has 1 aromatic heterocycles. The van der Waals surface area contributed by atoms with Crippen LogP contribution in [0.5, 0.6) is 0 Å². The molecule has 0 aromatic carbocycles. The van der Waals surface area contributed by atoms with E-state index in [2.05, 4.69) is 31.2 Å². The number of thioether (sulfide) groups is 1. The van der Waals surface area contributed by atoms with E-state index < -0.39 is 10.0 Å². The maximum atomic E-state index is 12.4. The summed E-state index contributed by atoms with van der Waals surface area (Å²) in [7, 11) is -3.19. The fraction of sp³-hybridized carbons (Fsp3) is 0.714. The van der Waals surface area contributed by atoms with Gasteiger partial charge in [0.2, 0.25) is 10.0 Å². The Bertz CT molecular complexity index is 640. The van der Waals surface area contributed by atoms with Gasteiger partial charge in [-0.3, -0.25) is 0 Å². The number of nitrogens with zero attached hydrogens (tertiary/aromatic N) is 3. The van der Waals surface area contributed by atoms with Crippen LogP contribution >= 0.6 is 27.7 Å². The first-order chi connectivity index (χ1) is 10.8. The van der Waals surface area contributed by atoms with Crippen molar-refractivity contribution in [2.45, 2.75) is 37.9 Å². The number of hydrogen-bond donors (Lipinski definition) is 1. The van der Waals surface area contributed by atoms with Crippen LogP contribution in [0, 0.1) is 5.92 Å². The fourth-order valence-electron chi connectivity index (χ4n) is 2.58. The second-order valence-corrected chi connectivity index (χ2v) is 9.71. The second kappa shape index (κ2) is 8.13. The zero-order valence-corrected chi connectivity index (χ0v) is 16.8. The van der Waals surface area contributed by atoms with E-state index >= 15 is 0 Å². The summed E-state index contributed by atoms with van der Waals surface area (Å²) in [5.41, 5.74) is 0. The smallest absolute Gasteiger partial charge is 0.214 e. The molecule has 1 fully saturated rings. The van der Waals surface area contributed by atoms with Crippen LogP contribution in [0.3, 0.4) is 0 Å². The van der Waals surface area contributed by atoms with Gasteiger partial charge in [-0.2, -0.15) is 4.31 Å². The summed E-state index contributed by atoms with van der Waals surface area (Å²) in [5, 5.41) is 4.05. The largest absolute Gasteiger partial charge is 0.365 e. The highest BCUT2D eigenvalue weighted by atomic mass is 79.9. The predicted octanol–water partition coefficient (Wildman–Crippen LogP) is 2.82. The number of anilines is 1. The van der Waals surface area contributed by atoms with Gasteiger partial charge in [-0.05, 0) is 40.9 Å². The van der Waals surface area contributed by atoms with Crippen LogP contribution in [0.15, 0.2) is 15.8 Å². The Kier molecular flexibility index (Phi) is 6.70. The molecule has 0 radical (unpaired) electrons. The minimum absolute atomic E-state index is 0.0617. The number of nitrogens with one attached hydrogen (secondary N) is 1. The Labute approximate surface area is 151 Å². The molecule has 2 heterocycles. The van der Waals surface area contributed by atoms with Gasteiger partial charge in [-0.15, -0.1) is 0 Å². The zero-order chi connectivity index (χ0) is 17.0. The third-order valence-corrected chi connectivity index (χ3v) is 6.92. The fourth-order valence-corrected chi connectivity index (χ4v) is 5.10. The molecule has 2 rings (SSSR count). The Morgan fingerprint density at radius 1 is 1.52 bits per heavy atom. The van der Waals surface area contributed by atoms with Crippen molar-refractivity contribution in [2.24, 2.45) is 5.92 Å². The molecule has 0 bridgehead atoms. The zero-order valence-electron chi connectivity index (χ0n) is 13.6. The molecule has 9 heteroatoms. The minimum Gasteiger partial charge on any atom is -0.365 e. The van der Waals surface area contributed by atoms with E-state index in [0.29, 0.717) is 18.2 Å². The van der Waals surface area contributed by atoms with Crippen LogP contribution in [0.25, 0.3) is 0 Å². The van der Waals surface area contributed by atoms with Gasteiger partial charge in [0.05, 0.1) is 10.2 Å². The van der Waals surface area contributed by atoms with Gasteiger partial charge in [0, 0.05) is 25.3 Å². The third-order valence-electron chi connectivity index (χ3n) is 3.57. The van der Waals surface area contributed by atoms with Gasteiger partial charge >= 0.3 is 0 Å². The van der Waals surface area contributed by atoms with Crippen LogP contribution in [-0.4, -0.2) is 53.8 Å². The third kappa shape index (κ3) is 5.30. The molecule has 6 nitrogen and oxygen atoms in total. The number of aromatic nitrogens is 2. The standard InChI is InChI=1S/C14H23BrN4O2S2/c1-10(2)9-23(20,21)19-6-4-5-11(8-19)17-13-12(15)7-16-14(18-13)22-3/h7,10-11H,4-6,8-9H2,1-3H3,(H,16,17,18). The first-order valence-corrected chi connectivity index (χ1v) is 11.3. The quantitative estimate of drug-likeness (QED) is 0.560. The topological polar surface area (TPSA) is 75.2 Å². The molecular formula is C14H23BrN4O2S2. The van der Waals surface area contributed by atoms with Gasteiger partial charge in [0.1, 0.15) is 5.82 Å². The summed E-state index contributed by atoms with van der Waals surface area (Å²) in [6.45, 7) is 4.95. The van der Waals surface area contributed by atoms with Crippen molar-refractivity contribution in [3.8, 4) is 0 Å². The van der Waals surface area contributed by atoms with Gasteiger partial charge in [0.25, 0.3) is 0 Å². The van der Waals surface area contributed by atoms with E-state index in [1.54, 1.807) is 10.5 Å². The molecular weight excluding hydrogens is 400 g/mol. The van der Waals surface area contributed by atoms with Crippen molar-refractivity contribution in [1.29, 1.82) is 0 Å². The maximum absolute atomic E-state index is 12.4. The van der Waals surface area contributed by atoms with Crippen molar-refractivity contribution in [2.75, 3.05) is 30.4 Å². The van der Waals surface area contributed by atoms with Crippen molar-refractivity contribution in [1.82, 2.24) is 14.3 Å². The number of rotatable bonds is 6. The lowest BCUT2D eigenvalue weighted by Gasteiger charge is -2.33. The Balaban J connectivity index is 2.07. The lowest BCUT2D eigenvalue weighted by atomic mass is 10.1. The summed E-state index contributed by atoms with van der Waals surface area (Å²) < 4.78 is 27.2. The van der Waals surface area contributed by atoms with Crippen LogP contribution in [0.2, 0.25) is 0 Å². The Hall–Kier alpha value is -0.380. The summed E-state index contributed by atoms with van der Waals surface area (Å²) in [6.07, 6.45) is 5.43. The summed E-state index contributed by atoms with van der Waals surface area (Å²) >= 11 is 4.92. The van der Waals surface area contributed by atoms with E-state index in [-0.39, 0.29) is 17.7 Å². The molecule has 0 saturated carbocycles. The molecule has 1 unspecified atom stereocenters. The molecule has 1 aromatic rings. The highest BCUT2D eigenvalue weighted by Gasteiger charge is 2.29. The SMILES string of the molecule is CSc1ncc(Br)c(NC2CCCN(S(=O)(=O)CC(C)C)C2)n1. The second-order valence-electron chi connectivity index (χ2n) is 6.07. The van der Waals surface area contributed by atoms with Gasteiger partial charge in [-0.25, -0.2) is 18.4 Å².